The number of hydrogen-bond donors (Lipinski definition) is 2. The van der Waals surface area contributed by atoms with Crippen LogP contribution in [0.1, 0.15) is 11.1 Å². The van der Waals surface area contributed by atoms with E-state index >= 15 is 0 Å². The number of ether oxygens (including phenoxy) is 2. The molecule has 0 heterocycles. The zero-order valence-corrected chi connectivity index (χ0v) is 18.4. The lowest BCUT2D eigenvalue weighted by Gasteiger charge is -2.13. The summed E-state index contributed by atoms with van der Waals surface area (Å²) in [6.45, 7) is 0. The van der Waals surface area contributed by atoms with Crippen LogP contribution in [0.2, 0.25) is 0 Å². The second kappa shape index (κ2) is 12.3. The Labute approximate surface area is 193 Å². The molecule has 0 radical (unpaired) electrons. The van der Waals surface area contributed by atoms with Crippen molar-refractivity contribution in [3.05, 3.63) is 96.1 Å². The van der Waals surface area contributed by atoms with Gasteiger partial charge < -0.3 is 20.5 Å². The standard InChI is InChI=1S/C25H24N2O4.ClH/c1-30-24(28)15-12-18-10-13-20(14-11-18)27-25(29)23(26)17-19-6-5-9-22(16-19)31-21-7-3-2-4-8-21;/h2-16,23H,17,26H2,1H3,(H,27,29);1H. The number of benzene rings is 3. The van der Waals surface area contributed by atoms with Crippen molar-refractivity contribution in [3.63, 3.8) is 0 Å². The molecule has 7 heteroatoms. The molecule has 0 bridgehead atoms. The Morgan fingerprint density at radius 2 is 1.66 bits per heavy atom. The first kappa shape index (κ1) is 24.7. The number of hydrogen-bond acceptors (Lipinski definition) is 5. The van der Waals surface area contributed by atoms with Gasteiger partial charge >= 0.3 is 5.97 Å². The van der Waals surface area contributed by atoms with E-state index in [4.69, 9.17) is 10.5 Å². The number of carbonyl (C=O) groups is 2. The van der Waals surface area contributed by atoms with Crippen LogP contribution in [-0.4, -0.2) is 25.0 Å². The third-order valence-corrected chi connectivity index (χ3v) is 4.46. The van der Waals surface area contributed by atoms with Gasteiger partial charge in [-0.2, -0.15) is 0 Å². The normalized spacial score (nSPS) is 11.3. The van der Waals surface area contributed by atoms with Gasteiger partial charge in [0, 0.05) is 11.8 Å². The van der Waals surface area contributed by atoms with Crippen LogP contribution in [0.4, 0.5) is 5.69 Å². The molecule has 0 aromatic heterocycles. The highest BCUT2D eigenvalue weighted by atomic mass is 35.5. The van der Waals surface area contributed by atoms with Crippen molar-refractivity contribution in [2.24, 2.45) is 5.73 Å². The average Bonchev–Trinajstić information content (AvgIpc) is 2.79. The van der Waals surface area contributed by atoms with E-state index in [0.29, 0.717) is 17.9 Å². The predicted molar refractivity (Wildman–Crippen MR) is 128 cm³/mol. The van der Waals surface area contributed by atoms with Gasteiger partial charge in [0.05, 0.1) is 13.2 Å². The highest BCUT2D eigenvalue weighted by Crippen LogP contribution is 2.22. The van der Waals surface area contributed by atoms with Gasteiger partial charge in [0.1, 0.15) is 11.5 Å². The summed E-state index contributed by atoms with van der Waals surface area (Å²) in [5.41, 5.74) is 8.44. The molecule has 0 spiro atoms. The van der Waals surface area contributed by atoms with Gasteiger partial charge in [0.25, 0.3) is 0 Å². The van der Waals surface area contributed by atoms with E-state index in [9.17, 15) is 9.59 Å². The van der Waals surface area contributed by atoms with Crippen LogP contribution in [-0.2, 0) is 20.7 Å². The zero-order valence-electron chi connectivity index (χ0n) is 17.6. The zero-order chi connectivity index (χ0) is 22.1. The van der Waals surface area contributed by atoms with Crippen LogP contribution in [0, 0.1) is 0 Å². The smallest absolute Gasteiger partial charge is 0.330 e. The molecule has 3 N–H and O–H groups in total. The Kier molecular flexibility index (Phi) is 9.47. The van der Waals surface area contributed by atoms with Crippen molar-refractivity contribution in [1.82, 2.24) is 0 Å². The van der Waals surface area contributed by atoms with Crippen molar-refractivity contribution >= 4 is 36.0 Å². The molecule has 0 aliphatic heterocycles. The summed E-state index contributed by atoms with van der Waals surface area (Å²) >= 11 is 0. The van der Waals surface area contributed by atoms with E-state index < -0.39 is 12.0 Å². The SMILES string of the molecule is COC(=O)C=Cc1ccc(NC(=O)C(N)Cc2cccc(Oc3ccccc3)c2)cc1.Cl. The van der Waals surface area contributed by atoms with E-state index in [-0.39, 0.29) is 18.3 Å². The maximum atomic E-state index is 12.5. The number of nitrogens with two attached hydrogens (primary N) is 1. The molecule has 0 saturated carbocycles. The molecule has 0 fully saturated rings. The highest BCUT2D eigenvalue weighted by Gasteiger charge is 2.15. The summed E-state index contributed by atoms with van der Waals surface area (Å²) in [4.78, 5) is 23.6. The number of methoxy groups -OCH3 is 1. The fourth-order valence-corrected chi connectivity index (χ4v) is 2.85. The Bertz CT molecular complexity index is 1050. The molecule has 0 aliphatic rings. The molecule has 3 aromatic rings. The molecule has 0 aliphatic carbocycles. The van der Waals surface area contributed by atoms with Gasteiger partial charge in [0.15, 0.2) is 0 Å². The Morgan fingerprint density at radius 3 is 2.34 bits per heavy atom. The fraction of sp³-hybridized carbons (Fsp3) is 0.120. The second-order valence-electron chi connectivity index (χ2n) is 6.84. The molecule has 6 nitrogen and oxygen atoms in total. The maximum absolute atomic E-state index is 12.5. The van der Waals surface area contributed by atoms with E-state index in [1.807, 2.05) is 54.6 Å². The van der Waals surface area contributed by atoms with Gasteiger partial charge in [-0.25, -0.2) is 4.79 Å². The number of anilines is 1. The maximum Gasteiger partial charge on any atom is 0.330 e. The molecular formula is C25H25ClN2O4. The summed E-state index contributed by atoms with van der Waals surface area (Å²) in [6, 6.07) is 23.3. The van der Waals surface area contributed by atoms with E-state index in [1.165, 1.54) is 13.2 Å². The quantitative estimate of drug-likeness (QED) is 0.385. The minimum absolute atomic E-state index is 0. The van der Waals surface area contributed by atoms with E-state index in [1.54, 1.807) is 30.3 Å². The van der Waals surface area contributed by atoms with Gasteiger partial charge in [-0.1, -0.05) is 42.5 Å². The van der Waals surface area contributed by atoms with Crippen LogP contribution in [0.5, 0.6) is 11.5 Å². The lowest BCUT2D eigenvalue weighted by Crippen LogP contribution is -2.37. The molecule has 3 rings (SSSR count). The lowest BCUT2D eigenvalue weighted by atomic mass is 10.1. The van der Waals surface area contributed by atoms with Crippen LogP contribution < -0.4 is 15.8 Å². The van der Waals surface area contributed by atoms with Gasteiger partial charge in [-0.05, 0) is 60.0 Å². The van der Waals surface area contributed by atoms with Crippen molar-refractivity contribution in [2.45, 2.75) is 12.5 Å². The van der Waals surface area contributed by atoms with Crippen LogP contribution in [0.25, 0.3) is 6.08 Å². The summed E-state index contributed by atoms with van der Waals surface area (Å²) in [6.07, 6.45) is 3.34. The summed E-state index contributed by atoms with van der Waals surface area (Å²) in [7, 11) is 1.32. The first-order valence-corrected chi connectivity index (χ1v) is 9.78. The minimum Gasteiger partial charge on any atom is -0.466 e. The Hall–Kier alpha value is -3.61. The molecule has 1 amide bonds. The first-order chi connectivity index (χ1) is 15.0. The summed E-state index contributed by atoms with van der Waals surface area (Å²) in [5, 5.41) is 2.81. The fourth-order valence-electron chi connectivity index (χ4n) is 2.85. The highest BCUT2D eigenvalue weighted by molar-refractivity contribution is 5.95. The average molecular weight is 453 g/mol. The number of halogens is 1. The van der Waals surface area contributed by atoms with Crippen molar-refractivity contribution in [1.29, 1.82) is 0 Å². The Morgan fingerprint density at radius 1 is 0.969 bits per heavy atom. The number of para-hydroxylation sites is 1. The first-order valence-electron chi connectivity index (χ1n) is 9.78. The van der Waals surface area contributed by atoms with Gasteiger partial charge in [-0.3, -0.25) is 4.79 Å². The number of nitrogens with one attached hydrogen (secondary N) is 1. The third kappa shape index (κ3) is 7.58. The van der Waals surface area contributed by atoms with Crippen LogP contribution in [0.15, 0.2) is 84.9 Å². The molecule has 3 aromatic carbocycles. The summed E-state index contributed by atoms with van der Waals surface area (Å²) in [5.74, 6) is 0.715. The van der Waals surface area contributed by atoms with Crippen molar-refractivity contribution < 1.29 is 19.1 Å². The number of amides is 1. The van der Waals surface area contributed by atoms with Crippen molar-refractivity contribution in [2.75, 3.05) is 12.4 Å². The van der Waals surface area contributed by atoms with Crippen LogP contribution in [0.3, 0.4) is 0 Å². The molecular weight excluding hydrogens is 428 g/mol. The van der Waals surface area contributed by atoms with E-state index in [0.717, 1.165) is 16.9 Å². The molecule has 32 heavy (non-hydrogen) atoms. The minimum atomic E-state index is -0.717. The second-order valence-corrected chi connectivity index (χ2v) is 6.84. The number of rotatable bonds is 8. The third-order valence-electron chi connectivity index (χ3n) is 4.46. The lowest BCUT2D eigenvalue weighted by molar-refractivity contribution is -0.134. The molecule has 0 saturated heterocycles. The van der Waals surface area contributed by atoms with Gasteiger partial charge in [0.2, 0.25) is 5.91 Å². The largest absolute Gasteiger partial charge is 0.466 e. The molecule has 1 atom stereocenters. The van der Waals surface area contributed by atoms with Crippen molar-refractivity contribution in [3.8, 4) is 11.5 Å². The molecule has 1 unspecified atom stereocenters. The summed E-state index contributed by atoms with van der Waals surface area (Å²) < 4.78 is 10.4. The van der Waals surface area contributed by atoms with E-state index in [2.05, 4.69) is 10.1 Å². The topological polar surface area (TPSA) is 90.7 Å². The predicted octanol–water partition coefficient (Wildman–Crippen LogP) is 4.60. The van der Waals surface area contributed by atoms with Crippen LogP contribution >= 0.6 is 12.4 Å². The number of esters is 1. The monoisotopic (exact) mass is 452 g/mol. The Balaban J connectivity index is 0.00000363. The van der Waals surface area contributed by atoms with Gasteiger partial charge in [-0.15, -0.1) is 12.4 Å². The molecule has 166 valence electrons. The number of carbonyl (C=O) groups excluding carboxylic acids is 2.